The molecule has 0 aliphatic rings. The van der Waals surface area contributed by atoms with Crippen LogP contribution in [0.5, 0.6) is 0 Å². The second-order valence-corrected chi connectivity index (χ2v) is 6.39. The van der Waals surface area contributed by atoms with Crippen molar-refractivity contribution in [2.24, 2.45) is 0 Å². The van der Waals surface area contributed by atoms with E-state index in [9.17, 15) is 0 Å². The Bertz CT molecular complexity index is 640. The summed E-state index contributed by atoms with van der Waals surface area (Å²) >= 11 is 18.4. The predicted octanol–water partition coefficient (Wildman–Crippen LogP) is 6.37. The lowest BCUT2D eigenvalue weighted by Gasteiger charge is -2.23. The van der Waals surface area contributed by atoms with Crippen LogP contribution in [0, 0.1) is 6.92 Å². The van der Waals surface area contributed by atoms with Crippen LogP contribution in [-0.4, -0.2) is 0 Å². The summed E-state index contributed by atoms with van der Waals surface area (Å²) in [6, 6.07) is 12.3. The third-order valence-corrected chi connectivity index (χ3v) is 4.99. The fourth-order valence-corrected chi connectivity index (χ4v) is 3.21. The minimum Gasteiger partial charge on any atom is -0.304 e. The summed E-state index contributed by atoms with van der Waals surface area (Å²) in [5.74, 6) is 0. The van der Waals surface area contributed by atoms with Gasteiger partial charge in [0.2, 0.25) is 0 Å². The summed E-state index contributed by atoms with van der Waals surface area (Å²) in [5.41, 5.74) is 3.50. The molecule has 0 aliphatic heterocycles. The first-order chi connectivity index (χ1) is 9.91. The molecule has 0 heterocycles. The zero-order chi connectivity index (χ0) is 15.6. The van der Waals surface area contributed by atoms with Gasteiger partial charge in [-0.25, -0.2) is 0 Å². The first-order valence-electron chi connectivity index (χ1n) is 6.86. The lowest BCUT2D eigenvalue weighted by atomic mass is 10.0. The van der Waals surface area contributed by atoms with Gasteiger partial charge in [-0.05, 0) is 43.5 Å². The number of hydrogen-bond donors (Lipinski definition) is 1. The molecule has 2 rings (SSSR count). The van der Waals surface area contributed by atoms with Crippen LogP contribution in [0.1, 0.15) is 42.6 Å². The fourth-order valence-electron chi connectivity index (χ4n) is 2.50. The first kappa shape index (κ1) is 16.6. The van der Waals surface area contributed by atoms with Gasteiger partial charge in [-0.3, -0.25) is 0 Å². The van der Waals surface area contributed by atoms with E-state index < -0.39 is 0 Å². The van der Waals surface area contributed by atoms with Crippen molar-refractivity contribution < 1.29 is 0 Å². The minimum absolute atomic E-state index is 0.0712. The summed E-state index contributed by atoms with van der Waals surface area (Å²) in [5, 5.41) is 4.96. The van der Waals surface area contributed by atoms with Gasteiger partial charge in [0.15, 0.2) is 0 Å². The van der Waals surface area contributed by atoms with E-state index in [0.29, 0.717) is 15.1 Å². The van der Waals surface area contributed by atoms with Gasteiger partial charge in [0.1, 0.15) is 0 Å². The van der Waals surface area contributed by atoms with Crippen molar-refractivity contribution in [3.8, 4) is 0 Å². The zero-order valence-electron chi connectivity index (χ0n) is 12.3. The second-order valence-electron chi connectivity index (χ2n) is 5.23. The van der Waals surface area contributed by atoms with Crippen LogP contribution in [-0.2, 0) is 0 Å². The molecule has 1 N–H and O–H groups in total. The van der Waals surface area contributed by atoms with Gasteiger partial charge >= 0.3 is 0 Å². The van der Waals surface area contributed by atoms with Crippen molar-refractivity contribution in [1.29, 1.82) is 0 Å². The molecule has 0 amide bonds. The molecule has 0 spiro atoms. The highest BCUT2D eigenvalue weighted by Gasteiger charge is 2.17. The van der Waals surface area contributed by atoms with Crippen molar-refractivity contribution >= 4 is 34.8 Å². The first-order valence-corrected chi connectivity index (χ1v) is 8.00. The molecule has 2 atom stereocenters. The number of halogens is 3. The second kappa shape index (κ2) is 7.02. The van der Waals surface area contributed by atoms with Gasteiger partial charge < -0.3 is 5.32 Å². The summed E-state index contributed by atoms with van der Waals surface area (Å²) in [6.07, 6.45) is 0. The lowest BCUT2D eigenvalue weighted by Crippen LogP contribution is -2.23. The highest BCUT2D eigenvalue weighted by atomic mass is 35.5. The molecule has 1 nitrogen and oxygen atoms in total. The maximum absolute atomic E-state index is 6.30. The Morgan fingerprint density at radius 3 is 2.10 bits per heavy atom. The summed E-state index contributed by atoms with van der Waals surface area (Å²) in [7, 11) is 0. The van der Waals surface area contributed by atoms with Crippen molar-refractivity contribution in [2.45, 2.75) is 32.9 Å². The smallest absolute Gasteiger partial charge is 0.0781 e. The SMILES string of the molecule is Cc1ccccc1C(C)NC(C)c1ccc(Cl)c(Cl)c1Cl. The maximum atomic E-state index is 6.30. The number of aryl methyl sites for hydroxylation is 1. The van der Waals surface area contributed by atoms with E-state index >= 15 is 0 Å². The van der Waals surface area contributed by atoms with Crippen LogP contribution in [0.25, 0.3) is 0 Å². The minimum atomic E-state index is 0.0712. The maximum Gasteiger partial charge on any atom is 0.0781 e. The Balaban J connectivity index is 2.20. The number of nitrogens with one attached hydrogen (secondary N) is 1. The Labute approximate surface area is 141 Å². The highest BCUT2D eigenvalue weighted by molar-refractivity contribution is 6.48. The van der Waals surface area contributed by atoms with E-state index in [2.05, 4.69) is 44.3 Å². The van der Waals surface area contributed by atoms with Crippen LogP contribution < -0.4 is 5.32 Å². The largest absolute Gasteiger partial charge is 0.304 e. The average molecular weight is 343 g/mol. The third kappa shape index (κ3) is 3.73. The summed E-state index contributed by atoms with van der Waals surface area (Å²) < 4.78 is 0. The Morgan fingerprint density at radius 2 is 1.43 bits per heavy atom. The van der Waals surface area contributed by atoms with Gasteiger partial charge in [0.05, 0.1) is 15.1 Å². The molecule has 0 saturated heterocycles. The molecule has 21 heavy (non-hydrogen) atoms. The Hall–Kier alpha value is -0.730. The van der Waals surface area contributed by atoms with E-state index in [1.165, 1.54) is 11.1 Å². The van der Waals surface area contributed by atoms with E-state index in [0.717, 1.165) is 5.56 Å². The van der Waals surface area contributed by atoms with E-state index in [4.69, 9.17) is 34.8 Å². The molecule has 0 aromatic heterocycles. The molecule has 0 aliphatic carbocycles. The topological polar surface area (TPSA) is 12.0 Å². The molecule has 0 radical (unpaired) electrons. The Morgan fingerprint density at radius 1 is 0.810 bits per heavy atom. The molecule has 2 unspecified atom stereocenters. The monoisotopic (exact) mass is 341 g/mol. The molecular formula is C17H18Cl3N. The quantitative estimate of drug-likeness (QED) is 0.637. The van der Waals surface area contributed by atoms with Crippen LogP contribution >= 0.6 is 34.8 Å². The molecule has 0 fully saturated rings. The van der Waals surface area contributed by atoms with Crippen molar-refractivity contribution in [2.75, 3.05) is 0 Å². The summed E-state index contributed by atoms with van der Waals surface area (Å²) in [4.78, 5) is 0. The van der Waals surface area contributed by atoms with Gasteiger partial charge in [-0.2, -0.15) is 0 Å². The fraction of sp³-hybridized carbons (Fsp3) is 0.294. The van der Waals surface area contributed by atoms with E-state index in [1.807, 2.05) is 12.1 Å². The van der Waals surface area contributed by atoms with Crippen molar-refractivity contribution in [3.63, 3.8) is 0 Å². The van der Waals surface area contributed by atoms with Crippen LogP contribution in [0.15, 0.2) is 36.4 Å². The molecule has 4 heteroatoms. The molecule has 0 bridgehead atoms. The number of hydrogen-bond acceptors (Lipinski definition) is 1. The van der Waals surface area contributed by atoms with Crippen molar-refractivity contribution in [3.05, 3.63) is 68.2 Å². The van der Waals surface area contributed by atoms with Crippen molar-refractivity contribution in [1.82, 2.24) is 5.32 Å². The zero-order valence-corrected chi connectivity index (χ0v) is 14.5. The van der Waals surface area contributed by atoms with Gasteiger partial charge in [-0.1, -0.05) is 65.1 Å². The molecule has 2 aromatic carbocycles. The highest BCUT2D eigenvalue weighted by Crippen LogP contribution is 2.36. The van der Waals surface area contributed by atoms with E-state index in [1.54, 1.807) is 6.07 Å². The lowest BCUT2D eigenvalue weighted by molar-refractivity contribution is 0.493. The number of rotatable bonds is 4. The molecular weight excluding hydrogens is 325 g/mol. The van der Waals surface area contributed by atoms with Gasteiger partial charge in [0, 0.05) is 12.1 Å². The van der Waals surface area contributed by atoms with E-state index in [-0.39, 0.29) is 12.1 Å². The van der Waals surface area contributed by atoms with Crippen LogP contribution in [0.2, 0.25) is 15.1 Å². The molecule has 112 valence electrons. The van der Waals surface area contributed by atoms with Gasteiger partial charge in [-0.15, -0.1) is 0 Å². The average Bonchev–Trinajstić information content (AvgIpc) is 2.45. The predicted molar refractivity (Wildman–Crippen MR) is 92.6 cm³/mol. The molecule has 2 aromatic rings. The normalized spacial score (nSPS) is 14.0. The van der Waals surface area contributed by atoms with Crippen LogP contribution in [0.3, 0.4) is 0 Å². The standard InChI is InChI=1S/C17H18Cl3N/c1-10-6-4-5-7-13(10)11(2)21-12(3)14-8-9-15(18)17(20)16(14)19/h4-9,11-12,21H,1-3H3. The Kier molecular flexibility index (Phi) is 5.56. The summed E-state index contributed by atoms with van der Waals surface area (Å²) in [6.45, 7) is 6.33. The van der Waals surface area contributed by atoms with Gasteiger partial charge in [0.25, 0.3) is 0 Å². The molecule has 0 saturated carbocycles. The van der Waals surface area contributed by atoms with Crippen LogP contribution in [0.4, 0.5) is 0 Å². The number of benzene rings is 2. The third-order valence-electron chi connectivity index (χ3n) is 3.69.